The van der Waals surface area contributed by atoms with Gasteiger partial charge >= 0.3 is 5.97 Å². The maximum atomic E-state index is 11.2. The number of hydrogen-bond donors (Lipinski definition) is 1. The molecule has 0 saturated carbocycles. The second-order valence-corrected chi connectivity index (χ2v) is 2.92. The minimum atomic E-state index is -0.304. The molecule has 0 spiro atoms. The predicted molar refractivity (Wildman–Crippen MR) is 45.8 cm³/mol. The third kappa shape index (κ3) is 1.57. The number of carbonyl (C=O) groups is 1. The van der Waals surface area contributed by atoms with Crippen molar-refractivity contribution in [3.8, 4) is 0 Å². The van der Waals surface area contributed by atoms with E-state index >= 15 is 0 Å². The number of ether oxygens (including phenoxy) is 1. The average Bonchev–Trinajstić information content (AvgIpc) is 2.34. The summed E-state index contributed by atoms with van der Waals surface area (Å²) in [7, 11) is 0. The van der Waals surface area contributed by atoms with Crippen LogP contribution in [0.2, 0.25) is 0 Å². The Morgan fingerprint density at radius 2 is 2.33 bits per heavy atom. The fourth-order valence-electron chi connectivity index (χ4n) is 1.06. The van der Waals surface area contributed by atoms with Gasteiger partial charge in [-0.05, 0) is 13.8 Å². The Hall–Kier alpha value is -1.06. The van der Waals surface area contributed by atoms with Gasteiger partial charge in [-0.3, -0.25) is 0 Å². The molecule has 0 fully saturated rings. The van der Waals surface area contributed by atoms with Crippen molar-refractivity contribution in [1.29, 1.82) is 0 Å². The number of hydrogen-bond acceptors (Lipinski definition) is 4. The first-order valence-corrected chi connectivity index (χ1v) is 4.17. The molecule has 1 N–H and O–H groups in total. The van der Waals surface area contributed by atoms with Gasteiger partial charge in [-0.1, -0.05) is 6.92 Å². The molecule has 1 heterocycles. The highest BCUT2D eigenvalue weighted by Crippen LogP contribution is 2.12. The van der Waals surface area contributed by atoms with Crippen LogP contribution < -0.4 is 5.43 Å². The Morgan fingerprint density at radius 3 is 2.75 bits per heavy atom. The van der Waals surface area contributed by atoms with Gasteiger partial charge in [-0.25, -0.2) is 4.79 Å². The molecule has 0 unspecified atom stereocenters. The lowest BCUT2D eigenvalue weighted by Crippen LogP contribution is -2.28. The van der Waals surface area contributed by atoms with Crippen molar-refractivity contribution >= 4 is 11.7 Å². The van der Waals surface area contributed by atoms with Gasteiger partial charge in [0.25, 0.3) is 0 Å². The van der Waals surface area contributed by atoms with Crippen LogP contribution in [0.25, 0.3) is 0 Å². The molecule has 1 rings (SSSR count). The Kier molecular flexibility index (Phi) is 2.68. The van der Waals surface area contributed by atoms with Crippen LogP contribution in [0, 0.1) is 5.92 Å². The first kappa shape index (κ1) is 9.03. The Labute approximate surface area is 72.0 Å². The fraction of sp³-hybridized carbons (Fsp3) is 0.750. The van der Waals surface area contributed by atoms with E-state index in [9.17, 15) is 4.79 Å². The van der Waals surface area contributed by atoms with Crippen LogP contribution in [0.3, 0.4) is 0 Å². The summed E-state index contributed by atoms with van der Waals surface area (Å²) in [6, 6.07) is 0.226. The van der Waals surface area contributed by atoms with E-state index in [0.29, 0.717) is 12.3 Å². The maximum absolute atomic E-state index is 11.2. The Morgan fingerprint density at radius 1 is 1.67 bits per heavy atom. The third-order valence-corrected chi connectivity index (χ3v) is 2.05. The van der Waals surface area contributed by atoms with Crippen LogP contribution >= 0.6 is 0 Å². The summed E-state index contributed by atoms with van der Waals surface area (Å²) in [5, 5.41) is 3.91. The molecule has 0 aromatic carbocycles. The van der Waals surface area contributed by atoms with Gasteiger partial charge < -0.3 is 10.2 Å². The molecule has 0 radical (unpaired) electrons. The van der Waals surface area contributed by atoms with Crippen LogP contribution in [0.5, 0.6) is 0 Å². The second kappa shape index (κ2) is 3.56. The monoisotopic (exact) mass is 170 g/mol. The molecule has 12 heavy (non-hydrogen) atoms. The quantitative estimate of drug-likeness (QED) is 0.615. The molecular formula is C8H14N2O2. The van der Waals surface area contributed by atoms with Gasteiger partial charge in [-0.2, -0.15) is 5.10 Å². The lowest BCUT2D eigenvalue weighted by atomic mass is 10.0. The zero-order valence-corrected chi connectivity index (χ0v) is 7.63. The van der Waals surface area contributed by atoms with E-state index in [1.54, 1.807) is 6.92 Å². The summed E-state index contributed by atoms with van der Waals surface area (Å²) in [4.78, 5) is 11.2. The minimum absolute atomic E-state index is 0.143. The van der Waals surface area contributed by atoms with Crippen molar-refractivity contribution in [2.75, 3.05) is 6.61 Å². The Balaban J connectivity index is 2.58. The van der Waals surface area contributed by atoms with E-state index in [1.165, 1.54) is 0 Å². The number of rotatable bonds is 2. The summed E-state index contributed by atoms with van der Waals surface area (Å²) in [5.74, 6) is -0.161. The molecule has 0 aromatic rings. The maximum Gasteiger partial charge on any atom is 0.354 e. The van der Waals surface area contributed by atoms with Crippen LogP contribution in [-0.2, 0) is 9.53 Å². The smallest absolute Gasteiger partial charge is 0.354 e. The summed E-state index contributed by atoms with van der Waals surface area (Å²) in [5.41, 5.74) is 3.35. The molecule has 68 valence electrons. The van der Waals surface area contributed by atoms with E-state index in [1.807, 2.05) is 13.8 Å². The fourth-order valence-corrected chi connectivity index (χ4v) is 1.06. The summed E-state index contributed by atoms with van der Waals surface area (Å²) in [6.07, 6.45) is 0. The second-order valence-electron chi connectivity index (χ2n) is 2.92. The van der Waals surface area contributed by atoms with Crippen LogP contribution in [-0.4, -0.2) is 24.3 Å². The van der Waals surface area contributed by atoms with Gasteiger partial charge in [0.15, 0.2) is 0 Å². The summed E-state index contributed by atoms with van der Waals surface area (Å²) >= 11 is 0. The first-order valence-electron chi connectivity index (χ1n) is 4.17. The van der Waals surface area contributed by atoms with E-state index in [-0.39, 0.29) is 17.9 Å². The van der Waals surface area contributed by atoms with E-state index in [2.05, 4.69) is 10.5 Å². The lowest BCUT2D eigenvalue weighted by Gasteiger charge is -2.09. The largest absolute Gasteiger partial charge is 0.461 e. The van der Waals surface area contributed by atoms with Gasteiger partial charge in [0.2, 0.25) is 0 Å². The molecule has 0 amide bonds. The SMILES string of the molecule is CCOC(=O)C1=NN[C@H](C)[C@H]1C. The van der Waals surface area contributed by atoms with Crippen LogP contribution in [0.15, 0.2) is 5.10 Å². The molecule has 4 heteroatoms. The average molecular weight is 170 g/mol. The lowest BCUT2D eigenvalue weighted by molar-refractivity contribution is -0.135. The van der Waals surface area contributed by atoms with Crippen molar-refractivity contribution in [2.24, 2.45) is 11.0 Å². The predicted octanol–water partition coefficient (Wildman–Crippen LogP) is 0.533. The third-order valence-electron chi connectivity index (χ3n) is 2.05. The zero-order chi connectivity index (χ0) is 9.14. The zero-order valence-electron chi connectivity index (χ0n) is 7.63. The molecule has 0 saturated heterocycles. The van der Waals surface area contributed by atoms with Crippen molar-refractivity contribution in [3.05, 3.63) is 0 Å². The van der Waals surface area contributed by atoms with Crippen molar-refractivity contribution in [2.45, 2.75) is 26.8 Å². The van der Waals surface area contributed by atoms with Gasteiger partial charge in [0.05, 0.1) is 6.61 Å². The van der Waals surface area contributed by atoms with Crippen molar-refractivity contribution in [1.82, 2.24) is 5.43 Å². The molecule has 1 aliphatic heterocycles. The highest BCUT2D eigenvalue weighted by molar-refractivity contribution is 6.37. The number of nitrogens with zero attached hydrogens (tertiary/aromatic N) is 1. The van der Waals surface area contributed by atoms with Crippen molar-refractivity contribution < 1.29 is 9.53 Å². The summed E-state index contributed by atoms with van der Waals surface area (Å²) in [6.45, 7) is 6.13. The number of carbonyl (C=O) groups excluding carboxylic acids is 1. The van der Waals surface area contributed by atoms with E-state index < -0.39 is 0 Å². The normalized spacial score (nSPS) is 27.8. The molecular weight excluding hydrogens is 156 g/mol. The van der Waals surface area contributed by atoms with Crippen LogP contribution in [0.4, 0.5) is 0 Å². The highest BCUT2D eigenvalue weighted by Gasteiger charge is 2.29. The molecule has 2 atom stereocenters. The van der Waals surface area contributed by atoms with Crippen LogP contribution in [0.1, 0.15) is 20.8 Å². The highest BCUT2D eigenvalue weighted by atomic mass is 16.5. The topological polar surface area (TPSA) is 50.7 Å². The van der Waals surface area contributed by atoms with Gasteiger partial charge in [0.1, 0.15) is 5.71 Å². The first-order chi connectivity index (χ1) is 5.66. The van der Waals surface area contributed by atoms with Crippen molar-refractivity contribution in [3.63, 3.8) is 0 Å². The number of esters is 1. The molecule has 0 aromatic heterocycles. The number of nitrogens with one attached hydrogen (secondary N) is 1. The standard InChI is InChI=1S/C8H14N2O2/c1-4-12-8(11)7-5(2)6(3)9-10-7/h5-6,9H,4H2,1-3H3/t5-,6-/m1/s1. The summed E-state index contributed by atoms with van der Waals surface area (Å²) < 4.78 is 4.83. The van der Waals surface area contributed by atoms with E-state index in [4.69, 9.17) is 4.74 Å². The molecule has 0 aliphatic carbocycles. The van der Waals surface area contributed by atoms with Gasteiger partial charge in [-0.15, -0.1) is 0 Å². The molecule has 4 nitrogen and oxygen atoms in total. The molecule has 1 aliphatic rings. The molecule has 0 bridgehead atoms. The van der Waals surface area contributed by atoms with Gasteiger partial charge in [0, 0.05) is 12.0 Å². The minimum Gasteiger partial charge on any atom is -0.461 e. The van der Waals surface area contributed by atoms with E-state index in [0.717, 1.165) is 0 Å². The number of hydrazone groups is 1. The Bertz CT molecular complexity index is 213.